The topological polar surface area (TPSA) is 92.1 Å². The highest BCUT2D eigenvalue weighted by Crippen LogP contribution is 2.49. The number of benzene rings is 5. The molecular formula is C52H56ClN7O2S. The molecule has 10 rings (SSSR count). The fourth-order valence-electron chi connectivity index (χ4n) is 9.17. The van der Waals surface area contributed by atoms with Gasteiger partial charge in [0, 0.05) is 64.1 Å². The molecule has 2 atom stereocenters. The summed E-state index contributed by atoms with van der Waals surface area (Å²) in [6.45, 7) is 8.55. The first kappa shape index (κ1) is 43.9. The molecule has 1 aliphatic carbocycles. The Morgan fingerprint density at radius 3 is 2.14 bits per heavy atom. The number of carbonyl (C=O) groups excluding carboxylic acids is 2. The number of hydrogen-bond acceptors (Lipinski definition) is 6. The maximum absolute atomic E-state index is 12.9. The maximum atomic E-state index is 12.9. The molecule has 3 amide bonds. The van der Waals surface area contributed by atoms with Gasteiger partial charge in [-0.25, -0.2) is 4.79 Å². The fraction of sp³-hybridized carbons (Fsp3) is 0.269. The van der Waals surface area contributed by atoms with Crippen molar-refractivity contribution in [1.82, 2.24) is 19.7 Å². The molecule has 0 spiro atoms. The number of primary amides is 1. The number of aromatic amines is 1. The molecule has 3 N–H and O–H groups in total. The van der Waals surface area contributed by atoms with E-state index in [0.717, 1.165) is 73.1 Å². The van der Waals surface area contributed by atoms with Gasteiger partial charge in [0.1, 0.15) is 0 Å². The summed E-state index contributed by atoms with van der Waals surface area (Å²) >= 11 is 8.03. The molecule has 0 saturated carbocycles. The van der Waals surface area contributed by atoms with Crippen molar-refractivity contribution in [3.63, 3.8) is 0 Å². The first-order valence-corrected chi connectivity index (χ1v) is 23.0. The number of carbonyl (C=O) groups is 2. The molecule has 6 aromatic rings. The van der Waals surface area contributed by atoms with Crippen molar-refractivity contribution in [2.75, 3.05) is 63.7 Å². The quantitative estimate of drug-likeness (QED) is 0.166. The third-order valence-corrected chi connectivity index (χ3v) is 13.6. The van der Waals surface area contributed by atoms with E-state index in [-0.39, 0.29) is 11.8 Å². The number of nitrogens with one attached hydrogen (secondary N) is 1. The summed E-state index contributed by atoms with van der Waals surface area (Å²) in [6.07, 6.45) is 10.5. The largest absolute Gasteiger partial charge is 0.361 e. The van der Waals surface area contributed by atoms with Crippen molar-refractivity contribution in [2.24, 2.45) is 11.7 Å². The molecule has 0 saturated heterocycles. The molecule has 324 valence electrons. The monoisotopic (exact) mass is 877 g/mol. The molecular weight excluding hydrogens is 822 g/mol. The van der Waals surface area contributed by atoms with E-state index in [0.29, 0.717) is 6.04 Å². The highest BCUT2D eigenvalue weighted by atomic mass is 35.5. The Morgan fingerprint density at radius 2 is 1.48 bits per heavy atom. The Balaban J connectivity index is 0.000000131. The number of halogens is 1. The van der Waals surface area contributed by atoms with Gasteiger partial charge in [0.15, 0.2) is 0 Å². The number of likely N-dealkylation sites (N-methyl/N-ethyl adjacent to an activating group) is 1. The van der Waals surface area contributed by atoms with Gasteiger partial charge < -0.3 is 25.4 Å². The van der Waals surface area contributed by atoms with E-state index in [9.17, 15) is 9.59 Å². The molecule has 9 nitrogen and oxygen atoms in total. The van der Waals surface area contributed by atoms with Crippen LogP contribution in [0.4, 0.5) is 27.5 Å². The lowest BCUT2D eigenvalue weighted by atomic mass is 9.79. The third kappa shape index (κ3) is 9.17. The minimum absolute atomic E-state index is 0.0445. The van der Waals surface area contributed by atoms with Gasteiger partial charge in [-0.2, -0.15) is 0 Å². The Morgan fingerprint density at radius 1 is 0.825 bits per heavy atom. The van der Waals surface area contributed by atoms with Gasteiger partial charge in [0.2, 0.25) is 5.91 Å². The van der Waals surface area contributed by atoms with E-state index in [1.807, 2.05) is 83.4 Å². The lowest BCUT2D eigenvalue weighted by Crippen LogP contribution is -2.47. The van der Waals surface area contributed by atoms with Gasteiger partial charge in [-0.05, 0) is 131 Å². The molecule has 0 fully saturated rings. The summed E-state index contributed by atoms with van der Waals surface area (Å²) in [7, 11) is 6.38. The van der Waals surface area contributed by atoms with E-state index in [1.165, 1.54) is 48.8 Å². The SMILES string of the molecule is CCN(CC)C(=O)[C@@H]1C=C2c3cccc4[nH]cc(c34)C[C@H]2N(C)C1.CN(C)CCCN1c2ccccc2Sc2ccc(Cl)cc21.NC(=O)N1c2ccccc2C=Cc2ccccc21. The predicted molar refractivity (Wildman–Crippen MR) is 264 cm³/mol. The number of aromatic nitrogens is 1. The summed E-state index contributed by atoms with van der Waals surface area (Å²) in [5.74, 6) is 0.210. The summed E-state index contributed by atoms with van der Waals surface area (Å²) < 4.78 is 0. The van der Waals surface area contributed by atoms with Crippen LogP contribution in [0.1, 0.15) is 42.5 Å². The van der Waals surface area contributed by atoms with Crippen LogP contribution in [0, 0.1) is 5.92 Å². The number of hydrogen-bond donors (Lipinski definition) is 2. The zero-order chi connectivity index (χ0) is 44.2. The van der Waals surface area contributed by atoms with E-state index in [1.54, 1.807) is 4.90 Å². The smallest absolute Gasteiger partial charge is 0.323 e. The average molecular weight is 879 g/mol. The van der Waals surface area contributed by atoms with Gasteiger partial charge in [0.25, 0.3) is 0 Å². The van der Waals surface area contributed by atoms with Crippen LogP contribution in [0.25, 0.3) is 28.6 Å². The van der Waals surface area contributed by atoms with Crippen LogP contribution in [0.2, 0.25) is 5.02 Å². The van der Waals surface area contributed by atoms with Crippen molar-refractivity contribution in [3.8, 4) is 0 Å². The summed E-state index contributed by atoms with van der Waals surface area (Å²) in [5.41, 5.74) is 16.8. The minimum atomic E-state index is -0.474. The highest BCUT2D eigenvalue weighted by molar-refractivity contribution is 7.99. The minimum Gasteiger partial charge on any atom is -0.361 e. The second-order valence-electron chi connectivity index (χ2n) is 16.6. The lowest BCUT2D eigenvalue weighted by Gasteiger charge is -2.40. The van der Waals surface area contributed by atoms with E-state index in [2.05, 4.69) is 122 Å². The normalized spacial score (nSPS) is 16.8. The summed E-state index contributed by atoms with van der Waals surface area (Å²) in [4.78, 5) is 41.1. The Bertz CT molecular complexity index is 2640. The zero-order valence-electron chi connectivity index (χ0n) is 36.7. The molecule has 0 bridgehead atoms. The molecule has 63 heavy (non-hydrogen) atoms. The zero-order valence-corrected chi connectivity index (χ0v) is 38.3. The Labute approximate surface area is 380 Å². The number of rotatable bonds is 7. The Hall–Kier alpha value is -5.78. The molecule has 3 aliphatic heterocycles. The number of fused-ring (bicyclic) bond motifs is 6. The van der Waals surface area contributed by atoms with Crippen molar-refractivity contribution in [2.45, 2.75) is 42.5 Å². The predicted octanol–water partition coefficient (Wildman–Crippen LogP) is 11.2. The number of nitrogens with two attached hydrogens (primary N) is 1. The van der Waals surface area contributed by atoms with Crippen molar-refractivity contribution in [3.05, 3.63) is 149 Å². The molecule has 1 aromatic heterocycles. The van der Waals surface area contributed by atoms with Crippen LogP contribution in [-0.2, 0) is 11.2 Å². The molecule has 0 unspecified atom stereocenters. The van der Waals surface area contributed by atoms with Crippen molar-refractivity contribution >= 4 is 86.7 Å². The first-order valence-electron chi connectivity index (χ1n) is 21.8. The Kier molecular flexibility index (Phi) is 13.4. The van der Waals surface area contributed by atoms with Crippen LogP contribution < -0.4 is 15.5 Å². The van der Waals surface area contributed by atoms with E-state index < -0.39 is 6.03 Å². The van der Waals surface area contributed by atoms with Crippen molar-refractivity contribution in [1.29, 1.82) is 0 Å². The van der Waals surface area contributed by atoms with Crippen LogP contribution in [0.5, 0.6) is 0 Å². The van der Waals surface area contributed by atoms with E-state index >= 15 is 0 Å². The highest BCUT2D eigenvalue weighted by Gasteiger charge is 2.36. The lowest BCUT2D eigenvalue weighted by molar-refractivity contribution is -0.134. The number of urea groups is 1. The molecule has 11 heteroatoms. The number of amides is 3. The molecule has 5 aromatic carbocycles. The average Bonchev–Trinajstić information content (AvgIpc) is 3.62. The second-order valence-corrected chi connectivity index (χ2v) is 18.1. The number of nitrogens with zero attached hydrogens (tertiary/aromatic N) is 5. The second kappa shape index (κ2) is 19.3. The van der Waals surface area contributed by atoms with Crippen LogP contribution >= 0.6 is 23.4 Å². The maximum Gasteiger partial charge on any atom is 0.323 e. The van der Waals surface area contributed by atoms with Crippen molar-refractivity contribution < 1.29 is 9.59 Å². The third-order valence-electron chi connectivity index (χ3n) is 12.3. The van der Waals surface area contributed by atoms with Crippen LogP contribution in [-0.4, -0.2) is 91.5 Å². The number of H-pyrrole nitrogens is 1. The first-order chi connectivity index (χ1) is 30.6. The van der Waals surface area contributed by atoms with E-state index in [4.69, 9.17) is 17.3 Å². The molecule has 4 heterocycles. The van der Waals surface area contributed by atoms with Crippen LogP contribution in [0.3, 0.4) is 0 Å². The standard InChI is InChI=1S/C20H25N3O.C17H19ClN2S.C15H12N2O/c1-4-23(5-2)20(24)14-9-16-15-7-6-8-17-19(15)13(11-21-17)10-18(16)22(3)12-14;1-19(2)10-5-11-20-14-6-3-4-7-16(14)21-17-9-8-13(18)12-15(17)20;16-15(18)17-13-7-3-1-5-11(13)9-10-12-6-2-4-8-14(12)17/h6-9,11,14,18,21H,4-5,10,12H2,1-3H3;3-4,6-9,12H,5,10-11H2,1-2H3;1-10H,(H2,16,18)/t14-,18-;;/m1../s1. The van der Waals surface area contributed by atoms with Gasteiger partial charge in [0.05, 0.1) is 28.7 Å². The van der Waals surface area contributed by atoms with Gasteiger partial charge in [-0.3, -0.25) is 14.6 Å². The molecule has 4 aliphatic rings. The molecule has 0 radical (unpaired) electrons. The number of anilines is 4. The number of para-hydroxylation sites is 3. The van der Waals surface area contributed by atoms with Gasteiger partial charge in [-0.15, -0.1) is 0 Å². The summed E-state index contributed by atoms with van der Waals surface area (Å²) in [6, 6.07) is 36.5. The van der Waals surface area contributed by atoms with Crippen LogP contribution in [0.15, 0.2) is 131 Å². The van der Waals surface area contributed by atoms with Gasteiger partial charge >= 0.3 is 6.03 Å². The fourth-order valence-corrected chi connectivity index (χ4v) is 10.4. The van der Waals surface area contributed by atoms with Gasteiger partial charge in [-0.1, -0.05) is 102 Å². The summed E-state index contributed by atoms with van der Waals surface area (Å²) in [5, 5.41) is 2.13.